The van der Waals surface area contributed by atoms with Crippen molar-refractivity contribution in [1.82, 2.24) is 20.5 Å². The Bertz CT molecular complexity index is 988. The van der Waals surface area contributed by atoms with Gasteiger partial charge in [-0.25, -0.2) is 8.42 Å². The first-order valence-corrected chi connectivity index (χ1v) is 9.62. The summed E-state index contributed by atoms with van der Waals surface area (Å²) in [5, 5.41) is 9.64. The lowest BCUT2D eigenvalue weighted by atomic mass is 10.1. The van der Waals surface area contributed by atoms with Crippen LogP contribution in [-0.4, -0.2) is 35.8 Å². The number of nitrogens with zero attached hydrogens (tertiary/aromatic N) is 3. The smallest absolute Gasteiger partial charge is 0.335 e. The highest BCUT2D eigenvalue weighted by Gasteiger charge is 2.25. The van der Waals surface area contributed by atoms with Crippen molar-refractivity contribution in [3.05, 3.63) is 71.9 Å². The van der Waals surface area contributed by atoms with Crippen molar-refractivity contribution in [2.45, 2.75) is 17.7 Å². The molecule has 0 aliphatic carbocycles. The molecular formula is C17H16N4O4S. The van der Waals surface area contributed by atoms with E-state index in [1.165, 1.54) is 6.20 Å². The first-order valence-electron chi connectivity index (χ1n) is 7.73. The third-order valence-electron chi connectivity index (χ3n) is 3.52. The summed E-state index contributed by atoms with van der Waals surface area (Å²) in [5.41, 5.74) is 1.14. The van der Waals surface area contributed by atoms with Gasteiger partial charge in [0.1, 0.15) is 11.7 Å². The van der Waals surface area contributed by atoms with Crippen LogP contribution in [0.2, 0.25) is 0 Å². The number of carbonyl (C=O) groups excluding carboxylic acids is 1. The van der Waals surface area contributed by atoms with E-state index in [1.54, 1.807) is 18.2 Å². The molecule has 1 atom stereocenters. The number of hydrogen-bond donors (Lipinski definition) is 1. The average Bonchev–Trinajstić information content (AvgIpc) is 3.13. The molecule has 8 nitrogen and oxygen atoms in total. The fraction of sp³-hybridized carbons (Fsp3) is 0.176. The zero-order valence-electron chi connectivity index (χ0n) is 13.9. The van der Waals surface area contributed by atoms with E-state index in [1.807, 2.05) is 30.3 Å². The topological polar surface area (TPSA) is 115 Å². The van der Waals surface area contributed by atoms with Gasteiger partial charge in [0.2, 0.25) is 15.7 Å². The number of nitrogens with one attached hydrogen (secondary N) is 1. The Balaban J connectivity index is 1.89. The predicted octanol–water partition coefficient (Wildman–Crippen LogP) is 1.58. The lowest BCUT2D eigenvalue weighted by Crippen LogP contribution is -2.30. The molecule has 3 rings (SSSR count). The minimum absolute atomic E-state index is 0.0126. The Morgan fingerprint density at radius 3 is 2.46 bits per heavy atom. The average molecular weight is 372 g/mol. The van der Waals surface area contributed by atoms with Crippen molar-refractivity contribution in [2.24, 2.45) is 0 Å². The first-order chi connectivity index (χ1) is 12.4. The van der Waals surface area contributed by atoms with Gasteiger partial charge >= 0.3 is 5.22 Å². The summed E-state index contributed by atoms with van der Waals surface area (Å²) in [4.78, 5) is 16.4. The van der Waals surface area contributed by atoms with Crippen LogP contribution in [0.4, 0.5) is 0 Å². The van der Waals surface area contributed by atoms with Gasteiger partial charge in [-0.05, 0) is 17.7 Å². The molecular weight excluding hydrogens is 356 g/mol. The van der Waals surface area contributed by atoms with E-state index in [4.69, 9.17) is 4.42 Å². The monoisotopic (exact) mass is 372 g/mol. The molecule has 0 bridgehead atoms. The third-order valence-corrected chi connectivity index (χ3v) is 4.32. The standard InChI is InChI=1S/C17H16N4O4S/c1-26(23,24)17-21-20-16(25-17)14(11-12-7-3-2-4-8-12)19-15(22)13-9-5-6-10-18-13/h2-10,14H,11H2,1H3,(H,19,22)/t14-/m0/s1. The summed E-state index contributed by atoms with van der Waals surface area (Å²) < 4.78 is 28.4. The van der Waals surface area contributed by atoms with E-state index >= 15 is 0 Å². The van der Waals surface area contributed by atoms with E-state index < -0.39 is 27.0 Å². The number of pyridine rings is 1. The summed E-state index contributed by atoms with van der Waals surface area (Å²) in [6.45, 7) is 0. The number of rotatable bonds is 6. The Morgan fingerprint density at radius 1 is 1.12 bits per heavy atom. The Morgan fingerprint density at radius 2 is 1.85 bits per heavy atom. The van der Waals surface area contributed by atoms with Crippen LogP contribution in [0.3, 0.4) is 0 Å². The number of benzene rings is 1. The lowest BCUT2D eigenvalue weighted by Gasteiger charge is -2.15. The quantitative estimate of drug-likeness (QED) is 0.698. The molecule has 2 heterocycles. The summed E-state index contributed by atoms with van der Waals surface area (Å²) in [5.74, 6) is -0.413. The van der Waals surface area contributed by atoms with Gasteiger partial charge in [-0.2, -0.15) is 0 Å². The summed E-state index contributed by atoms with van der Waals surface area (Å²) >= 11 is 0. The molecule has 2 aromatic heterocycles. The van der Waals surface area contributed by atoms with Gasteiger partial charge < -0.3 is 9.73 Å². The molecule has 0 aliphatic heterocycles. The van der Waals surface area contributed by atoms with Gasteiger partial charge in [-0.15, -0.1) is 5.10 Å². The van der Waals surface area contributed by atoms with Crippen LogP contribution < -0.4 is 5.32 Å². The van der Waals surface area contributed by atoms with Crippen LogP contribution in [0.25, 0.3) is 0 Å². The van der Waals surface area contributed by atoms with Crippen LogP contribution >= 0.6 is 0 Å². The summed E-state index contributed by atoms with van der Waals surface area (Å²) in [6.07, 6.45) is 2.84. The molecule has 0 saturated heterocycles. The highest BCUT2D eigenvalue weighted by Crippen LogP contribution is 2.19. The van der Waals surface area contributed by atoms with Gasteiger partial charge in [-0.1, -0.05) is 41.5 Å². The number of amides is 1. The Hall–Kier alpha value is -3.07. The number of hydrogen-bond acceptors (Lipinski definition) is 7. The van der Waals surface area contributed by atoms with Crippen molar-refractivity contribution in [1.29, 1.82) is 0 Å². The maximum atomic E-state index is 12.4. The van der Waals surface area contributed by atoms with Crippen molar-refractivity contribution in [3.8, 4) is 0 Å². The molecule has 134 valence electrons. The Kier molecular flexibility index (Phi) is 5.08. The highest BCUT2D eigenvalue weighted by molar-refractivity contribution is 7.90. The molecule has 0 radical (unpaired) electrons. The molecule has 0 saturated carbocycles. The maximum Gasteiger partial charge on any atom is 0.335 e. The van der Waals surface area contributed by atoms with Crippen LogP contribution in [-0.2, 0) is 16.3 Å². The van der Waals surface area contributed by atoms with Gasteiger partial charge in [0.05, 0.1) is 0 Å². The van der Waals surface area contributed by atoms with Crippen molar-refractivity contribution in [2.75, 3.05) is 6.26 Å². The van der Waals surface area contributed by atoms with Gasteiger partial charge in [-0.3, -0.25) is 9.78 Å². The van der Waals surface area contributed by atoms with Crippen LogP contribution in [0.5, 0.6) is 0 Å². The van der Waals surface area contributed by atoms with Gasteiger partial charge in [0.25, 0.3) is 5.91 Å². The molecule has 1 amide bonds. The summed E-state index contributed by atoms with van der Waals surface area (Å²) in [6, 6.07) is 13.6. The lowest BCUT2D eigenvalue weighted by molar-refractivity contribution is 0.0924. The minimum atomic E-state index is -3.63. The van der Waals surface area contributed by atoms with E-state index in [9.17, 15) is 13.2 Å². The largest absolute Gasteiger partial charge is 0.410 e. The molecule has 1 N–H and O–H groups in total. The van der Waals surface area contributed by atoms with Gasteiger partial charge in [0, 0.05) is 18.9 Å². The molecule has 0 fully saturated rings. The fourth-order valence-electron chi connectivity index (χ4n) is 2.29. The molecule has 9 heteroatoms. The second-order valence-electron chi connectivity index (χ2n) is 5.61. The normalized spacial score (nSPS) is 12.5. The SMILES string of the molecule is CS(=O)(=O)c1nnc([C@H](Cc2ccccc2)NC(=O)c2ccccn2)o1. The van der Waals surface area contributed by atoms with E-state index in [0.29, 0.717) is 6.42 Å². The van der Waals surface area contributed by atoms with Gasteiger partial charge in [0.15, 0.2) is 0 Å². The molecule has 1 aromatic carbocycles. The van der Waals surface area contributed by atoms with Crippen molar-refractivity contribution < 1.29 is 17.6 Å². The number of sulfone groups is 1. The molecule has 0 spiro atoms. The predicted molar refractivity (Wildman–Crippen MR) is 92.0 cm³/mol. The third kappa shape index (κ3) is 4.31. The number of aromatic nitrogens is 3. The molecule has 3 aromatic rings. The minimum Gasteiger partial charge on any atom is -0.410 e. The summed E-state index contributed by atoms with van der Waals surface area (Å²) in [7, 11) is -3.63. The van der Waals surface area contributed by atoms with Crippen LogP contribution in [0, 0.1) is 0 Å². The highest BCUT2D eigenvalue weighted by atomic mass is 32.2. The van der Waals surface area contributed by atoms with Crippen LogP contribution in [0.1, 0.15) is 28.0 Å². The van der Waals surface area contributed by atoms with Crippen LogP contribution in [0.15, 0.2) is 64.4 Å². The zero-order valence-corrected chi connectivity index (χ0v) is 14.7. The first kappa shape index (κ1) is 17.7. The number of carbonyl (C=O) groups is 1. The molecule has 0 unspecified atom stereocenters. The Labute approximate surface area is 150 Å². The van der Waals surface area contributed by atoms with Crippen molar-refractivity contribution >= 4 is 15.7 Å². The molecule has 26 heavy (non-hydrogen) atoms. The van der Waals surface area contributed by atoms with E-state index in [0.717, 1.165) is 11.8 Å². The maximum absolute atomic E-state index is 12.4. The van der Waals surface area contributed by atoms with E-state index in [-0.39, 0.29) is 11.6 Å². The second-order valence-corrected chi connectivity index (χ2v) is 7.50. The fourth-order valence-corrected chi connectivity index (χ4v) is 2.72. The van der Waals surface area contributed by atoms with E-state index in [2.05, 4.69) is 20.5 Å². The second kappa shape index (κ2) is 7.44. The zero-order chi connectivity index (χ0) is 18.6. The van der Waals surface area contributed by atoms with Crippen molar-refractivity contribution in [3.63, 3.8) is 0 Å². The molecule has 0 aliphatic rings.